The van der Waals surface area contributed by atoms with E-state index >= 15 is 0 Å². The van der Waals surface area contributed by atoms with Gasteiger partial charge in [-0.1, -0.05) is 5.21 Å². The van der Waals surface area contributed by atoms with Crippen molar-refractivity contribution in [2.45, 2.75) is 31.4 Å². The molecule has 2 rings (SSSR count). The summed E-state index contributed by atoms with van der Waals surface area (Å²) >= 11 is 0. The number of nitrogens with zero attached hydrogens (tertiary/aromatic N) is 4. The van der Waals surface area contributed by atoms with Crippen molar-refractivity contribution in [3.05, 3.63) is 11.9 Å². The molecule has 0 bridgehead atoms. The van der Waals surface area contributed by atoms with Crippen molar-refractivity contribution < 1.29 is 5.11 Å². The first-order valence-electron chi connectivity index (χ1n) is 5.26. The molecule has 5 heteroatoms. The summed E-state index contributed by atoms with van der Waals surface area (Å²) < 4.78 is 1.67. The molecule has 2 unspecified atom stereocenters. The maximum atomic E-state index is 10.4. The zero-order valence-electron chi connectivity index (χ0n) is 9.51. The first kappa shape index (κ1) is 10.6. The van der Waals surface area contributed by atoms with Crippen LogP contribution in [0.15, 0.2) is 6.20 Å². The largest absolute Gasteiger partial charge is 0.388 e. The Hall–Kier alpha value is -0.940. The average molecular weight is 210 g/mol. The number of aliphatic hydroxyl groups is 1. The van der Waals surface area contributed by atoms with E-state index < -0.39 is 5.60 Å². The molecule has 15 heavy (non-hydrogen) atoms. The van der Waals surface area contributed by atoms with Gasteiger partial charge in [0.15, 0.2) is 0 Å². The minimum absolute atomic E-state index is 0.437. The lowest BCUT2D eigenvalue weighted by Gasteiger charge is -2.20. The molecule has 1 aliphatic rings. The first-order valence-corrected chi connectivity index (χ1v) is 5.26. The molecule has 1 aromatic rings. The summed E-state index contributed by atoms with van der Waals surface area (Å²) in [5.41, 5.74) is 0.229. The fourth-order valence-electron chi connectivity index (χ4n) is 2.33. The van der Waals surface area contributed by atoms with Gasteiger partial charge in [0.25, 0.3) is 0 Å². The van der Waals surface area contributed by atoms with Crippen molar-refractivity contribution in [3.63, 3.8) is 0 Å². The van der Waals surface area contributed by atoms with E-state index in [4.69, 9.17) is 0 Å². The predicted molar refractivity (Wildman–Crippen MR) is 56.4 cm³/mol. The molecule has 1 N–H and O–H groups in total. The Balaban J connectivity index is 2.06. The molecule has 0 aromatic carbocycles. The van der Waals surface area contributed by atoms with E-state index in [1.807, 2.05) is 20.3 Å². The molecule has 1 aromatic heterocycles. The molecule has 1 aliphatic heterocycles. The number of β-amino-alcohol motifs (C(OH)–C–C–N with tert-alkyl or cyclic N) is 1. The number of likely N-dealkylation sites (N-methyl/N-ethyl adjacent to an activating group) is 1. The van der Waals surface area contributed by atoms with Gasteiger partial charge in [-0.15, -0.1) is 5.10 Å². The fourth-order valence-corrected chi connectivity index (χ4v) is 2.33. The number of aryl methyl sites for hydroxylation is 1. The second kappa shape index (κ2) is 3.57. The summed E-state index contributed by atoms with van der Waals surface area (Å²) in [5, 5.41) is 18.3. The number of rotatable bonds is 2. The van der Waals surface area contributed by atoms with Gasteiger partial charge < -0.3 is 10.0 Å². The highest BCUT2D eigenvalue weighted by atomic mass is 16.3. The van der Waals surface area contributed by atoms with E-state index in [2.05, 4.69) is 22.1 Å². The molecule has 2 atom stereocenters. The Morgan fingerprint density at radius 2 is 2.33 bits per heavy atom. The predicted octanol–water partition coefficient (Wildman–Crippen LogP) is -0.187. The molecular formula is C10H18N4O. The van der Waals surface area contributed by atoms with E-state index in [1.54, 1.807) is 4.68 Å². The molecule has 0 saturated carbocycles. The molecular weight excluding hydrogens is 192 g/mol. The van der Waals surface area contributed by atoms with Crippen molar-refractivity contribution in [1.82, 2.24) is 19.9 Å². The van der Waals surface area contributed by atoms with E-state index in [0.29, 0.717) is 19.0 Å². The smallest absolute Gasteiger partial charge is 0.0856 e. The lowest BCUT2D eigenvalue weighted by molar-refractivity contribution is 0.0511. The zero-order valence-corrected chi connectivity index (χ0v) is 9.51. The molecule has 84 valence electrons. The van der Waals surface area contributed by atoms with Crippen molar-refractivity contribution >= 4 is 0 Å². The van der Waals surface area contributed by atoms with Crippen LogP contribution in [0.1, 0.15) is 19.0 Å². The summed E-state index contributed by atoms with van der Waals surface area (Å²) in [6.45, 7) is 2.85. The molecule has 2 heterocycles. The lowest BCUT2D eigenvalue weighted by atomic mass is 9.95. The van der Waals surface area contributed by atoms with Crippen LogP contribution in [0.3, 0.4) is 0 Å². The third-order valence-electron chi connectivity index (χ3n) is 3.13. The van der Waals surface area contributed by atoms with E-state index in [-0.39, 0.29) is 0 Å². The summed E-state index contributed by atoms with van der Waals surface area (Å²) in [5.74, 6) is 0. The highest BCUT2D eigenvalue weighted by Gasteiger charge is 2.39. The Labute approximate surface area is 89.7 Å². The van der Waals surface area contributed by atoms with Gasteiger partial charge in [-0.3, -0.25) is 4.68 Å². The normalized spacial score (nSPS) is 32.4. The maximum absolute atomic E-state index is 10.4. The Kier molecular flexibility index (Phi) is 2.52. The number of aromatic nitrogens is 3. The van der Waals surface area contributed by atoms with Crippen molar-refractivity contribution in [2.75, 3.05) is 13.6 Å². The monoisotopic (exact) mass is 210 g/mol. The number of hydrogen-bond donors (Lipinski definition) is 1. The summed E-state index contributed by atoms with van der Waals surface area (Å²) in [7, 11) is 3.88. The second-order valence-electron chi connectivity index (χ2n) is 4.75. The van der Waals surface area contributed by atoms with Crippen LogP contribution in [0.2, 0.25) is 0 Å². The number of likely N-dealkylation sites (tertiary alicyclic amines) is 1. The molecule has 1 saturated heterocycles. The van der Waals surface area contributed by atoms with E-state index in [1.165, 1.54) is 0 Å². The topological polar surface area (TPSA) is 54.2 Å². The third-order valence-corrected chi connectivity index (χ3v) is 3.13. The summed E-state index contributed by atoms with van der Waals surface area (Å²) in [6, 6.07) is 0.437. The standard InChI is InChI=1S/C10H18N4O/c1-8-4-10(15,7-13(8)2)5-9-6-14(3)12-11-9/h6,8,15H,4-5,7H2,1-3H3. The van der Waals surface area contributed by atoms with Crippen molar-refractivity contribution in [1.29, 1.82) is 0 Å². The Morgan fingerprint density at radius 1 is 1.60 bits per heavy atom. The minimum Gasteiger partial charge on any atom is -0.388 e. The Morgan fingerprint density at radius 3 is 2.80 bits per heavy atom. The van der Waals surface area contributed by atoms with Gasteiger partial charge in [0, 0.05) is 32.3 Å². The zero-order chi connectivity index (χ0) is 11.1. The molecule has 0 aliphatic carbocycles. The van der Waals surface area contributed by atoms with Crippen LogP contribution in [0.25, 0.3) is 0 Å². The minimum atomic E-state index is -0.635. The van der Waals surface area contributed by atoms with Crippen LogP contribution >= 0.6 is 0 Å². The van der Waals surface area contributed by atoms with Crippen LogP contribution in [0.4, 0.5) is 0 Å². The van der Waals surface area contributed by atoms with Crippen LogP contribution in [0.5, 0.6) is 0 Å². The van der Waals surface area contributed by atoms with Crippen LogP contribution < -0.4 is 0 Å². The Bertz CT molecular complexity index is 339. The van der Waals surface area contributed by atoms with E-state index in [9.17, 15) is 5.11 Å². The van der Waals surface area contributed by atoms with Gasteiger partial charge in [-0.2, -0.15) is 0 Å². The summed E-state index contributed by atoms with van der Waals surface area (Å²) in [6.07, 6.45) is 3.26. The van der Waals surface area contributed by atoms with Gasteiger partial charge in [0.1, 0.15) is 0 Å². The van der Waals surface area contributed by atoms with Crippen LogP contribution in [0, 0.1) is 0 Å². The van der Waals surface area contributed by atoms with E-state index in [0.717, 1.165) is 12.1 Å². The second-order valence-corrected chi connectivity index (χ2v) is 4.75. The van der Waals surface area contributed by atoms with Gasteiger partial charge in [0.2, 0.25) is 0 Å². The maximum Gasteiger partial charge on any atom is 0.0856 e. The number of hydrogen-bond acceptors (Lipinski definition) is 4. The molecule has 1 fully saturated rings. The first-order chi connectivity index (χ1) is 6.98. The highest BCUT2D eigenvalue weighted by Crippen LogP contribution is 2.28. The quantitative estimate of drug-likeness (QED) is 0.735. The fraction of sp³-hybridized carbons (Fsp3) is 0.800. The molecule has 5 nitrogen and oxygen atoms in total. The van der Waals surface area contributed by atoms with Crippen LogP contribution in [-0.2, 0) is 13.5 Å². The highest BCUT2D eigenvalue weighted by molar-refractivity contribution is 5.04. The van der Waals surface area contributed by atoms with Gasteiger partial charge in [-0.25, -0.2) is 0 Å². The van der Waals surface area contributed by atoms with Gasteiger partial charge in [-0.05, 0) is 20.4 Å². The third kappa shape index (κ3) is 2.18. The molecule has 0 radical (unpaired) electrons. The average Bonchev–Trinajstić information content (AvgIpc) is 2.59. The van der Waals surface area contributed by atoms with Gasteiger partial charge >= 0.3 is 0 Å². The van der Waals surface area contributed by atoms with Crippen molar-refractivity contribution in [2.24, 2.45) is 7.05 Å². The summed E-state index contributed by atoms with van der Waals surface area (Å²) in [4.78, 5) is 2.18. The molecule has 0 amide bonds. The SMILES string of the molecule is CC1CC(O)(Cc2cn(C)nn2)CN1C. The lowest BCUT2D eigenvalue weighted by Crippen LogP contribution is -2.34. The van der Waals surface area contributed by atoms with Crippen molar-refractivity contribution in [3.8, 4) is 0 Å². The van der Waals surface area contributed by atoms with Crippen LogP contribution in [-0.4, -0.2) is 50.2 Å². The van der Waals surface area contributed by atoms with Gasteiger partial charge in [0.05, 0.1) is 11.3 Å². The molecule has 0 spiro atoms.